The van der Waals surface area contributed by atoms with Gasteiger partial charge in [0.2, 0.25) is 0 Å². The number of ether oxygens (including phenoxy) is 1. The molecule has 0 saturated heterocycles. The number of nitrogens with zero attached hydrogens (tertiary/aromatic N) is 3. The number of hydrogen-bond donors (Lipinski definition) is 2. The van der Waals surface area contributed by atoms with Crippen molar-refractivity contribution in [2.45, 2.75) is 32.4 Å². The summed E-state index contributed by atoms with van der Waals surface area (Å²) in [5.41, 5.74) is 0. The highest BCUT2D eigenvalue weighted by molar-refractivity contribution is 5.01. The predicted octanol–water partition coefficient (Wildman–Crippen LogP) is 0.0487. The zero-order valence-corrected chi connectivity index (χ0v) is 11.4. The monoisotopic (exact) mass is 266 g/mol. The minimum atomic E-state index is -0.666. The van der Waals surface area contributed by atoms with Crippen LogP contribution in [0.2, 0.25) is 0 Å². The van der Waals surface area contributed by atoms with E-state index in [0.29, 0.717) is 6.61 Å². The molecule has 19 heavy (non-hydrogen) atoms. The summed E-state index contributed by atoms with van der Waals surface area (Å²) in [5.74, 6) is 5.28. The Morgan fingerprint density at radius 2 is 2.26 bits per heavy atom. The van der Waals surface area contributed by atoms with Crippen molar-refractivity contribution in [1.82, 2.24) is 20.3 Å². The Morgan fingerprint density at radius 3 is 3.00 bits per heavy atom. The first-order valence-corrected chi connectivity index (χ1v) is 6.56. The largest absolute Gasteiger partial charge is 0.378 e. The Labute approximate surface area is 114 Å². The summed E-state index contributed by atoms with van der Waals surface area (Å²) >= 11 is 0. The van der Waals surface area contributed by atoms with Crippen LogP contribution in [0.4, 0.5) is 0 Å². The molecule has 1 unspecified atom stereocenters. The van der Waals surface area contributed by atoms with Crippen LogP contribution in [-0.2, 0) is 11.3 Å². The topological polar surface area (TPSA) is 72.2 Å². The van der Waals surface area contributed by atoms with E-state index in [0.717, 1.165) is 32.5 Å². The smallest absolute Gasteiger partial charge is 0.137 e. The van der Waals surface area contributed by atoms with Crippen molar-refractivity contribution in [3.8, 4) is 11.8 Å². The van der Waals surface area contributed by atoms with E-state index < -0.39 is 6.10 Å². The highest BCUT2D eigenvalue weighted by Crippen LogP contribution is 1.88. The SMILES string of the molecule is CC#CC(O)COCCCNCCCn1ccnn1. The number of hydrogen-bond acceptors (Lipinski definition) is 5. The number of aryl methyl sites for hydroxylation is 1. The molecule has 0 amide bonds. The van der Waals surface area contributed by atoms with Gasteiger partial charge in [-0.2, -0.15) is 0 Å². The van der Waals surface area contributed by atoms with Crippen molar-refractivity contribution in [1.29, 1.82) is 0 Å². The first kappa shape index (κ1) is 15.6. The van der Waals surface area contributed by atoms with Crippen molar-refractivity contribution >= 4 is 0 Å². The van der Waals surface area contributed by atoms with Crippen LogP contribution >= 0.6 is 0 Å². The Balaban J connectivity index is 1.82. The number of aromatic nitrogens is 3. The van der Waals surface area contributed by atoms with Crippen LogP contribution in [0.3, 0.4) is 0 Å². The second-order valence-corrected chi connectivity index (χ2v) is 4.11. The van der Waals surface area contributed by atoms with Crippen molar-refractivity contribution in [3.63, 3.8) is 0 Å². The summed E-state index contributed by atoms with van der Waals surface area (Å²) < 4.78 is 7.12. The fourth-order valence-corrected chi connectivity index (χ4v) is 1.55. The molecule has 2 N–H and O–H groups in total. The van der Waals surface area contributed by atoms with Crippen molar-refractivity contribution in [3.05, 3.63) is 12.4 Å². The molecule has 0 aliphatic heterocycles. The lowest BCUT2D eigenvalue weighted by Gasteiger charge is -2.07. The first-order valence-electron chi connectivity index (χ1n) is 6.56. The Hall–Kier alpha value is -1.42. The van der Waals surface area contributed by atoms with Crippen LogP contribution in [0.25, 0.3) is 0 Å². The zero-order chi connectivity index (χ0) is 13.8. The van der Waals surface area contributed by atoms with Crippen molar-refractivity contribution in [2.24, 2.45) is 0 Å². The van der Waals surface area contributed by atoms with E-state index in [9.17, 15) is 5.11 Å². The van der Waals surface area contributed by atoms with Crippen LogP contribution in [-0.4, -0.2) is 52.5 Å². The fourth-order valence-electron chi connectivity index (χ4n) is 1.55. The molecular weight excluding hydrogens is 244 g/mol. The summed E-state index contributed by atoms with van der Waals surface area (Å²) in [6.45, 7) is 5.36. The molecule has 1 aromatic heterocycles. The second-order valence-electron chi connectivity index (χ2n) is 4.11. The Bertz CT molecular complexity index is 370. The molecule has 1 atom stereocenters. The molecule has 0 saturated carbocycles. The maximum atomic E-state index is 9.28. The minimum absolute atomic E-state index is 0.285. The van der Waals surface area contributed by atoms with E-state index in [2.05, 4.69) is 27.5 Å². The predicted molar refractivity (Wildman–Crippen MR) is 72.4 cm³/mol. The normalized spacial score (nSPS) is 11.9. The molecule has 0 spiro atoms. The average Bonchev–Trinajstić information content (AvgIpc) is 2.90. The fraction of sp³-hybridized carbons (Fsp3) is 0.692. The van der Waals surface area contributed by atoms with E-state index in [1.165, 1.54) is 0 Å². The first-order chi connectivity index (χ1) is 9.33. The van der Waals surface area contributed by atoms with E-state index in [4.69, 9.17) is 4.74 Å². The van der Waals surface area contributed by atoms with Gasteiger partial charge in [-0.15, -0.1) is 11.0 Å². The maximum Gasteiger partial charge on any atom is 0.137 e. The minimum Gasteiger partial charge on any atom is -0.378 e. The maximum absolute atomic E-state index is 9.28. The highest BCUT2D eigenvalue weighted by Gasteiger charge is 1.98. The number of aliphatic hydroxyl groups is 1. The molecular formula is C13H22N4O2. The van der Waals surface area contributed by atoms with Crippen LogP contribution < -0.4 is 5.32 Å². The van der Waals surface area contributed by atoms with E-state index in [-0.39, 0.29) is 6.61 Å². The van der Waals surface area contributed by atoms with Crippen molar-refractivity contribution in [2.75, 3.05) is 26.3 Å². The summed E-state index contributed by atoms with van der Waals surface area (Å²) in [5, 5.41) is 20.2. The molecule has 1 heterocycles. The lowest BCUT2D eigenvalue weighted by atomic mass is 10.3. The quantitative estimate of drug-likeness (QED) is 0.462. The summed E-state index contributed by atoms with van der Waals surface area (Å²) in [6, 6.07) is 0. The number of nitrogens with one attached hydrogen (secondary N) is 1. The van der Waals surface area contributed by atoms with E-state index in [1.807, 2.05) is 10.9 Å². The third kappa shape index (κ3) is 8.32. The van der Waals surface area contributed by atoms with Crippen LogP contribution in [0.5, 0.6) is 0 Å². The number of aliphatic hydroxyl groups excluding tert-OH is 1. The molecule has 6 nitrogen and oxygen atoms in total. The Kier molecular flexibility index (Phi) is 8.64. The third-order valence-electron chi connectivity index (χ3n) is 2.44. The van der Waals surface area contributed by atoms with Gasteiger partial charge < -0.3 is 15.2 Å². The average molecular weight is 266 g/mol. The molecule has 0 aromatic carbocycles. The van der Waals surface area contributed by atoms with Gasteiger partial charge in [0.15, 0.2) is 0 Å². The molecule has 0 aliphatic rings. The lowest BCUT2D eigenvalue weighted by Crippen LogP contribution is -2.20. The Morgan fingerprint density at radius 1 is 1.42 bits per heavy atom. The van der Waals surface area contributed by atoms with Crippen LogP contribution in [0, 0.1) is 11.8 Å². The molecule has 0 aliphatic carbocycles. The van der Waals surface area contributed by atoms with Gasteiger partial charge in [-0.25, -0.2) is 0 Å². The molecule has 6 heteroatoms. The zero-order valence-electron chi connectivity index (χ0n) is 11.4. The van der Waals surface area contributed by atoms with Crippen molar-refractivity contribution < 1.29 is 9.84 Å². The van der Waals surface area contributed by atoms with Gasteiger partial charge in [0, 0.05) is 19.3 Å². The molecule has 1 rings (SSSR count). The molecule has 0 fully saturated rings. The van der Waals surface area contributed by atoms with Gasteiger partial charge >= 0.3 is 0 Å². The van der Waals surface area contributed by atoms with Gasteiger partial charge in [0.05, 0.1) is 12.8 Å². The van der Waals surface area contributed by atoms with Gasteiger partial charge in [-0.3, -0.25) is 4.68 Å². The lowest BCUT2D eigenvalue weighted by molar-refractivity contribution is 0.0627. The van der Waals surface area contributed by atoms with Crippen LogP contribution in [0.1, 0.15) is 19.8 Å². The molecule has 1 aromatic rings. The van der Waals surface area contributed by atoms with Gasteiger partial charge in [-0.1, -0.05) is 11.1 Å². The second kappa shape index (κ2) is 10.5. The third-order valence-corrected chi connectivity index (χ3v) is 2.44. The summed E-state index contributed by atoms with van der Waals surface area (Å²) in [6.07, 6.45) is 4.83. The van der Waals surface area contributed by atoms with Gasteiger partial charge in [0.1, 0.15) is 6.10 Å². The molecule has 106 valence electrons. The summed E-state index contributed by atoms with van der Waals surface area (Å²) in [7, 11) is 0. The van der Waals surface area contributed by atoms with Gasteiger partial charge in [0.25, 0.3) is 0 Å². The molecule has 0 bridgehead atoms. The van der Waals surface area contributed by atoms with Crippen LogP contribution in [0.15, 0.2) is 12.4 Å². The summed E-state index contributed by atoms with van der Waals surface area (Å²) in [4.78, 5) is 0. The highest BCUT2D eigenvalue weighted by atomic mass is 16.5. The van der Waals surface area contributed by atoms with E-state index >= 15 is 0 Å². The van der Waals surface area contributed by atoms with Gasteiger partial charge in [-0.05, 0) is 32.9 Å². The standard InChI is InChI=1S/C13H22N4O2/c1-2-5-13(18)12-19-11-4-7-14-6-3-9-17-10-8-15-16-17/h8,10,13-14,18H,3-4,6-7,9,11-12H2,1H3. The van der Waals surface area contributed by atoms with E-state index in [1.54, 1.807) is 13.1 Å². The molecule has 0 radical (unpaired) electrons. The number of rotatable bonds is 10.